The van der Waals surface area contributed by atoms with Crippen LogP contribution in [0.5, 0.6) is 0 Å². The van der Waals surface area contributed by atoms with Gasteiger partial charge in [0.05, 0.1) is 19.8 Å². The van der Waals surface area contributed by atoms with Crippen LogP contribution in [-0.4, -0.2) is 48.7 Å². The van der Waals surface area contributed by atoms with E-state index in [9.17, 15) is 0 Å². The molecule has 0 atom stereocenters. The topological polar surface area (TPSA) is 21.7 Å². The van der Waals surface area contributed by atoms with Crippen LogP contribution in [-0.2, 0) is 9.47 Å². The highest BCUT2D eigenvalue weighted by molar-refractivity contribution is 8.10. The largest absolute Gasteiger partial charge is 0.379 e. The van der Waals surface area contributed by atoms with Crippen molar-refractivity contribution in [1.29, 1.82) is 0 Å². The molecule has 0 saturated heterocycles. The van der Waals surface area contributed by atoms with Crippen LogP contribution in [0.3, 0.4) is 0 Å². The molecule has 5 heteroatoms. The maximum absolute atomic E-state index is 5.68. The molecule has 28 heavy (non-hydrogen) atoms. The van der Waals surface area contributed by atoms with Gasteiger partial charge in [0.25, 0.3) is 0 Å². The highest BCUT2D eigenvalue weighted by atomic mass is 32.1. The lowest BCUT2D eigenvalue weighted by molar-refractivity contribution is 0.0427. The van der Waals surface area contributed by atoms with Crippen molar-refractivity contribution in [2.45, 2.75) is 104 Å². The molecular formula is C23H47NO2S2. The van der Waals surface area contributed by atoms with Crippen LogP contribution in [0.1, 0.15) is 104 Å². The molecule has 0 aromatic carbocycles. The van der Waals surface area contributed by atoms with Gasteiger partial charge in [0, 0.05) is 19.7 Å². The maximum atomic E-state index is 5.68. The van der Waals surface area contributed by atoms with Gasteiger partial charge in [0.15, 0.2) is 0 Å². The second-order valence-corrected chi connectivity index (χ2v) is 8.85. The molecule has 0 bridgehead atoms. The normalized spacial score (nSPS) is 11.1. The van der Waals surface area contributed by atoms with E-state index in [4.69, 9.17) is 21.7 Å². The molecule has 0 N–H and O–H groups in total. The van der Waals surface area contributed by atoms with E-state index in [0.717, 1.165) is 26.1 Å². The molecule has 0 saturated carbocycles. The standard InChI is InChI=1S/C23H47NO2S2/c1-3-5-7-9-10-11-12-13-14-15-17-24(23(27)28)18-20-26-22-21-25-19-16-8-6-4-2/h3-22H2,1-2H3,(H,27,28). The molecule has 3 nitrogen and oxygen atoms in total. The monoisotopic (exact) mass is 433 g/mol. The van der Waals surface area contributed by atoms with E-state index >= 15 is 0 Å². The van der Waals surface area contributed by atoms with Gasteiger partial charge in [-0.3, -0.25) is 0 Å². The summed E-state index contributed by atoms with van der Waals surface area (Å²) in [5.41, 5.74) is 0. The molecule has 0 aliphatic rings. The van der Waals surface area contributed by atoms with Crippen molar-refractivity contribution >= 4 is 29.2 Å². The van der Waals surface area contributed by atoms with Gasteiger partial charge in [-0.2, -0.15) is 0 Å². The number of rotatable bonds is 22. The summed E-state index contributed by atoms with van der Waals surface area (Å²) >= 11 is 9.64. The highest BCUT2D eigenvalue weighted by Gasteiger charge is 2.06. The van der Waals surface area contributed by atoms with Crippen molar-refractivity contribution in [3.8, 4) is 0 Å². The Labute approximate surface area is 186 Å². The third kappa shape index (κ3) is 20.9. The molecular weight excluding hydrogens is 386 g/mol. The average Bonchev–Trinajstić information content (AvgIpc) is 2.68. The van der Waals surface area contributed by atoms with Crippen LogP contribution in [0.4, 0.5) is 0 Å². The summed E-state index contributed by atoms with van der Waals surface area (Å²) in [6.07, 6.45) is 18.6. The average molecular weight is 434 g/mol. The van der Waals surface area contributed by atoms with E-state index in [1.807, 2.05) is 0 Å². The van der Waals surface area contributed by atoms with Crippen molar-refractivity contribution in [3.63, 3.8) is 0 Å². The molecule has 168 valence electrons. The molecule has 0 aliphatic carbocycles. The predicted octanol–water partition coefficient (Wildman–Crippen LogP) is 7.04. The fraction of sp³-hybridized carbons (Fsp3) is 0.957. The molecule has 0 aromatic heterocycles. The van der Waals surface area contributed by atoms with Crippen LogP contribution >= 0.6 is 24.8 Å². The summed E-state index contributed by atoms with van der Waals surface area (Å²) < 4.78 is 12.0. The summed E-state index contributed by atoms with van der Waals surface area (Å²) in [5, 5.41) is 0. The number of ether oxygens (including phenoxy) is 2. The first-order valence-corrected chi connectivity index (χ1v) is 12.7. The van der Waals surface area contributed by atoms with Crippen LogP contribution in [0, 0.1) is 0 Å². The van der Waals surface area contributed by atoms with Crippen molar-refractivity contribution in [3.05, 3.63) is 0 Å². The summed E-state index contributed by atoms with van der Waals surface area (Å²) in [7, 11) is 0. The Kier molecular flexibility index (Phi) is 23.6. The van der Waals surface area contributed by atoms with E-state index in [-0.39, 0.29) is 0 Å². The quantitative estimate of drug-likeness (QED) is 0.112. The Balaban J connectivity index is 3.45. The van der Waals surface area contributed by atoms with Gasteiger partial charge in [-0.05, 0) is 12.8 Å². The lowest BCUT2D eigenvalue weighted by Gasteiger charge is -2.22. The van der Waals surface area contributed by atoms with E-state index in [0.29, 0.717) is 24.1 Å². The third-order valence-corrected chi connectivity index (χ3v) is 5.61. The lowest BCUT2D eigenvalue weighted by atomic mass is 10.1. The molecule has 0 fully saturated rings. The first-order valence-electron chi connectivity index (χ1n) is 11.9. The first-order chi connectivity index (χ1) is 13.7. The summed E-state index contributed by atoms with van der Waals surface area (Å²) in [4.78, 5) is 2.16. The van der Waals surface area contributed by atoms with Crippen LogP contribution in [0.25, 0.3) is 0 Å². The van der Waals surface area contributed by atoms with Crippen LogP contribution < -0.4 is 0 Å². The molecule has 0 radical (unpaired) electrons. The predicted molar refractivity (Wildman–Crippen MR) is 131 cm³/mol. The highest BCUT2D eigenvalue weighted by Crippen LogP contribution is 2.11. The van der Waals surface area contributed by atoms with Gasteiger partial charge in [0.1, 0.15) is 4.32 Å². The van der Waals surface area contributed by atoms with Gasteiger partial charge in [-0.15, -0.1) is 12.6 Å². The van der Waals surface area contributed by atoms with Gasteiger partial charge < -0.3 is 14.4 Å². The number of unbranched alkanes of at least 4 members (excludes halogenated alkanes) is 12. The van der Waals surface area contributed by atoms with E-state index in [1.54, 1.807) is 0 Å². The molecule has 0 rings (SSSR count). The van der Waals surface area contributed by atoms with E-state index in [2.05, 4.69) is 31.4 Å². The number of thiocarbonyl (C=S) groups is 1. The zero-order chi connectivity index (χ0) is 20.7. The Morgan fingerprint density at radius 3 is 1.61 bits per heavy atom. The molecule has 0 spiro atoms. The molecule has 0 unspecified atom stereocenters. The first kappa shape index (κ1) is 28.2. The Morgan fingerprint density at radius 2 is 1.07 bits per heavy atom. The summed E-state index contributed by atoms with van der Waals surface area (Å²) in [6.45, 7) is 9.23. The second-order valence-electron chi connectivity index (χ2n) is 7.74. The number of hydrogen-bond donors (Lipinski definition) is 1. The third-order valence-electron chi connectivity index (χ3n) is 5.07. The lowest BCUT2D eigenvalue weighted by Crippen LogP contribution is -2.31. The number of thiol groups is 1. The minimum absolute atomic E-state index is 0.666. The molecule has 0 amide bonds. The minimum atomic E-state index is 0.666. The maximum Gasteiger partial charge on any atom is 0.133 e. The van der Waals surface area contributed by atoms with Crippen LogP contribution in [0.15, 0.2) is 0 Å². The van der Waals surface area contributed by atoms with Gasteiger partial charge in [0.2, 0.25) is 0 Å². The molecule has 0 aromatic rings. The van der Waals surface area contributed by atoms with Gasteiger partial charge in [-0.25, -0.2) is 0 Å². The SMILES string of the molecule is CCCCCCCCCCCCN(CCOCCOCCCCCC)C(=S)S. The number of nitrogens with zero attached hydrogens (tertiary/aromatic N) is 1. The minimum Gasteiger partial charge on any atom is -0.379 e. The fourth-order valence-electron chi connectivity index (χ4n) is 3.22. The van der Waals surface area contributed by atoms with Gasteiger partial charge >= 0.3 is 0 Å². The summed E-state index contributed by atoms with van der Waals surface area (Å²) in [6, 6.07) is 0. The zero-order valence-corrected chi connectivity index (χ0v) is 20.5. The zero-order valence-electron chi connectivity index (χ0n) is 18.8. The molecule has 0 heterocycles. The Morgan fingerprint density at radius 1 is 0.607 bits per heavy atom. The van der Waals surface area contributed by atoms with Crippen LogP contribution in [0.2, 0.25) is 0 Å². The summed E-state index contributed by atoms with van der Waals surface area (Å²) in [5.74, 6) is 0. The Hall–Kier alpha value is 0.160. The van der Waals surface area contributed by atoms with Crippen molar-refractivity contribution in [1.82, 2.24) is 4.90 Å². The van der Waals surface area contributed by atoms with Gasteiger partial charge in [-0.1, -0.05) is 103 Å². The van der Waals surface area contributed by atoms with E-state index < -0.39 is 0 Å². The van der Waals surface area contributed by atoms with Crippen molar-refractivity contribution < 1.29 is 9.47 Å². The smallest absolute Gasteiger partial charge is 0.133 e. The van der Waals surface area contributed by atoms with E-state index in [1.165, 1.54) is 83.5 Å². The number of hydrogen-bond acceptors (Lipinski definition) is 3. The van der Waals surface area contributed by atoms with Crippen molar-refractivity contribution in [2.24, 2.45) is 0 Å². The fourth-order valence-corrected chi connectivity index (χ4v) is 3.60. The molecule has 0 aliphatic heterocycles. The van der Waals surface area contributed by atoms with Crippen molar-refractivity contribution in [2.75, 3.05) is 39.5 Å². The Bertz CT molecular complexity index is 306. The second kappa shape index (κ2) is 23.4.